The van der Waals surface area contributed by atoms with Crippen molar-refractivity contribution in [2.45, 2.75) is 48.4 Å². The van der Waals surface area contributed by atoms with Crippen molar-refractivity contribution in [3.05, 3.63) is 60.3 Å². The number of hydrogen-bond acceptors (Lipinski definition) is 5. The van der Waals surface area contributed by atoms with Crippen molar-refractivity contribution in [2.24, 2.45) is 0 Å². The third kappa shape index (κ3) is 4.16. The van der Waals surface area contributed by atoms with E-state index in [0.717, 1.165) is 24.3 Å². The van der Waals surface area contributed by atoms with Crippen LogP contribution in [0.3, 0.4) is 0 Å². The lowest BCUT2D eigenvalue weighted by molar-refractivity contribution is 0.528. The maximum Gasteiger partial charge on any atom is 0.268 e. The fraction of sp³-hybridized carbons (Fsp3) is 0.364. The standard InChI is InChI=1S/C22H26N2O4S3/c1-16(2)21-22(30(25,26)23-17-12-14-29-15-13-17)19-10-6-7-11-20(19)24(21)31(27,28)18-8-4-3-5-9-18/h3-11,16-17,23H,12-15H2,1-2H3. The summed E-state index contributed by atoms with van der Waals surface area (Å²) in [5.74, 6) is 1.49. The molecule has 9 heteroatoms. The molecule has 0 spiro atoms. The third-order valence-corrected chi connectivity index (χ3v) is 9.86. The summed E-state index contributed by atoms with van der Waals surface area (Å²) in [5, 5.41) is 0.420. The van der Waals surface area contributed by atoms with Gasteiger partial charge in [-0.05, 0) is 48.5 Å². The second kappa shape index (κ2) is 8.61. The maximum atomic E-state index is 13.6. The van der Waals surface area contributed by atoms with Gasteiger partial charge >= 0.3 is 0 Å². The summed E-state index contributed by atoms with van der Waals surface area (Å²) >= 11 is 1.82. The second-order valence-electron chi connectivity index (χ2n) is 7.98. The molecule has 2 aromatic carbocycles. The average molecular weight is 479 g/mol. The molecule has 166 valence electrons. The van der Waals surface area contributed by atoms with Gasteiger partial charge in [-0.2, -0.15) is 11.8 Å². The van der Waals surface area contributed by atoms with Crippen LogP contribution in [0.5, 0.6) is 0 Å². The van der Waals surface area contributed by atoms with Crippen LogP contribution < -0.4 is 4.72 Å². The quantitative estimate of drug-likeness (QED) is 0.575. The first-order chi connectivity index (χ1) is 14.7. The van der Waals surface area contributed by atoms with Crippen molar-refractivity contribution in [3.63, 3.8) is 0 Å². The molecule has 1 saturated heterocycles. The number of fused-ring (bicyclic) bond motifs is 1. The van der Waals surface area contributed by atoms with Crippen molar-refractivity contribution < 1.29 is 16.8 Å². The van der Waals surface area contributed by atoms with Crippen molar-refractivity contribution in [1.29, 1.82) is 0 Å². The molecule has 31 heavy (non-hydrogen) atoms. The topological polar surface area (TPSA) is 85.2 Å². The first kappa shape index (κ1) is 22.4. The summed E-state index contributed by atoms with van der Waals surface area (Å²) in [4.78, 5) is 0.190. The van der Waals surface area contributed by atoms with E-state index in [0.29, 0.717) is 10.9 Å². The zero-order valence-corrected chi connectivity index (χ0v) is 19.9. The van der Waals surface area contributed by atoms with Gasteiger partial charge in [0, 0.05) is 11.4 Å². The van der Waals surface area contributed by atoms with Crippen LogP contribution in [0.25, 0.3) is 10.9 Å². The Hall–Kier alpha value is -1.81. The maximum absolute atomic E-state index is 13.6. The number of nitrogens with zero attached hydrogens (tertiary/aromatic N) is 1. The molecule has 0 aliphatic carbocycles. The molecule has 1 aliphatic rings. The zero-order chi connectivity index (χ0) is 22.2. The lowest BCUT2D eigenvalue weighted by Crippen LogP contribution is -2.37. The molecule has 0 amide bonds. The fourth-order valence-corrected chi connectivity index (χ4v) is 8.74. The smallest absolute Gasteiger partial charge is 0.236 e. The Morgan fingerprint density at radius 3 is 2.19 bits per heavy atom. The fourth-order valence-electron chi connectivity index (χ4n) is 4.03. The highest BCUT2D eigenvalue weighted by molar-refractivity contribution is 7.99. The molecule has 3 aromatic rings. The molecular formula is C22H26N2O4S3. The highest BCUT2D eigenvalue weighted by Crippen LogP contribution is 2.37. The largest absolute Gasteiger partial charge is 0.268 e. The van der Waals surface area contributed by atoms with Crippen LogP contribution in [-0.2, 0) is 20.0 Å². The number of thioether (sulfide) groups is 1. The van der Waals surface area contributed by atoms with Crippen LogP contribution in [0.2, 0.25) is 0 Å². The minimum Gasteiger partial charge on any atom is -0.236 e. The van der Waals surface area contributed by atoms with Gasteiger partial charge in [-0.3, -0.25) is 0 Å². The summed E-state index contributed by atoms with van der Waals surface area (Å²) in [6, 6.07) is 14.8. The number of nitrogens with one attached hydrogen (secondary N) is 1. The van der Waals surface area contributed by atoms with Gasteiger partial charge < -0.3 is 0 Å². The lowest BCUT2D eigenvalue weighted by Gasteiger charge is -2.23. The van der Waals surface area contributed by atoms with Crippen LogP contribution in [0.4, 0.5) is 0 Å². The lowest BCUT2D eigenvalue weighted by atomic mass is 10.1. The molecule has 6 nitrogen and oxygen atoms in total. The molecular weight excluding hydrogens is 452 g/mol. The number of rotatable bonds is 6. The van der Waals surface area contributed by atoms with Gasteiger partial charge in [-0.25, -0.2) is 25.5 Å². The Bertz CT molecular complexity index is 1290. The minimum absolute atomic E-state index is 0.0656. The van der Waals surface area contributed by atoms with Gasteiger partial charge in [0.2, 0.25) is 10.0 Å². The molecule has 1 fully saturated rings. The van der Waals surface area contributed by atoms with Crippen molar-refractivity contribution in [3.8, 4) is 0 Å². The predicted octanol–water partition coefficient (Wildman–Crippen LogP) is 4.18. The van der Waals surface area contributed by atoms with Crippen LogP contribution in [0.1, 0.15) is 38.3 Å². The summed E-state index contributed by atoms with van der Waals surface area (Å²) in [6.45, 7) is 3.64. The van der Waals surface area contributed by atoms with Crippen LogP contribution in [-0.4, -0.2) is 38.4 Å². The van der Waals surface area contributed by atoms with Gasteiger partial charge in [-0.15, -0.1) is 0 Å². The summed E-state index contributed by atoms with van der Waals surface area (Å²) in [6.07, 6.45) is 1.53. The zero-order valence-electron chi connectivity index (χ0n) is 17.5. The highest BCUT2D eigenvalue weighted by atomic mass is 32.2. The van der Waals surface area contributed by atoms with Gasteiger partial charge in [0.15, 0.2) is 0 Å². The number of aromatic nitrogens is 1. The number of sulfonamides is 1. The first-order valence-electron chi connectivity index (χ1n) is 10.3. The minimum atomic E-state index is -3.99. The number of para-hydroxylation sites is 1. The van der Waals surface area contributed by atoms with Crippen LogP contribution in [0, 0.1) is 0 Å². The van der Waals surface area contributed by atoms with Crippen molar-refractivity contribution >= 4 is 42.7 Å². The Kier molecular flexibility index (Phi) is 6.22. The molecule has 1 N–H and O–H groups in total. The SMILES string of the molecule is CC(C)c1c(S(=O)(=O)NC2CCSCC2)c2ccccc2n1S(=O)(=O)c1ccccc1. The third-order valence-electron chi connectivity index (χ3n) is 5.46. The first-order valence-corrected chi connectivity index (χ1v) is 14.4. The van der Waals surface area contributed by atoms with E-state index in [9.17, 15) is 16.8 Å². The van der Waals surface area contributed by atoms with E-state index >= 15 is 0 Å². The van der Waals surface area contributed by atoms with Crippen molar-refractivity contribution in [1.82, 2.24) is 8.69 Å². The van der Waals surface area contributed by atoms with E-state index < -0.39 is 20.0 Å². The van der Waals surface area contributed by atoms with Crippen molar-refractivity contribution in [2.75, 3.05) is 11.5 Å². The molecule has 0 unspecified atom stereocenters. The Morgan fingerprint density at radius 2 is 1.55 bits per heavy atom. The van der Waals surface area contributed by atoms with E-state index in [1.54, 1.807) is 42.5 Å². The number of benzene rings is 2. The van der Waals surface area contributed by atoms with Crippen LogP contribution in [0.15, 0.2) is 64.4 Å². The molecule has 1 aromatic heterocycles. The molecule has 0 radical (unpaired) electrons. The van der Waals surface area contributed by atoms with Gasteiger partial charge in [0.1, 0.15) is 4.90 Å². The summed E-state index contributed by atoms with van der Waals surface area (Å²) in [5.41, 5.74) is 0.650. The van der Waals surface area contributed by atoms with Gasteiger partial charge in [0.25, 0.3) is 10.0 Å². The molecule has 0 bridgehead atoms. The monoisotopic (exact) mass is 478 g/mol. The molecule has 0 saturated carbocycles. The molecule has 2 heterocycles. The van der Waals surface area contributed by atoms with E-state index in [1.165, 1.54) is 16.1 Å². The van der Waals surface area contributed by atoms with Gasteiger partial charge in [0.05, 0.1) is 16.1 Å². The van der Waals surface area contributed by atoms with E-state index in [2.05, 4.69) is 4.72 Å². The average Bonchev–Trinajstić information content (AvgIpc) is 3.12. The van der Waals surface area contributed by atoms with Gasteiger partial charge in [-0.1, -0.05) is 50.2 Å². The number of hydrogen-bond donors (Lipinski definition) is 1. The Balaban J connectivity index is 1.98. The van der Waals surface area contributed by atoms with E-state index in [1.807, 2.05) is 25.6 Å². The Morgan fingerprint density at radius 1 is 0.935 bits per heavy atom. The summed E-state index contributed by atoms with van der Waals surface area (Å²) in [7, 11) is -7.92. The second-order valence-corrected chi connectivity index (χ2v) is 12.6. The molecule has 0 atom stereocenters. The molecule has 1 aliphatic heterocycles. The van der Waals surface area contributed by atoms with Crippen LogP contribution >= 0.6 is 11.8 Å². The van der Waals surface area contributed by atoms with E-state index in [-0.39, 0.29) is 27.4 Å². The van der Waals surface area contributed by atoms with E-state index in [4.69, 9.17) is 0 Å². The summed E-state index contributed by atoms with van der Waals surface area (Å²) < 4.78 is 58.5. The predicted molar refractivity (Wildman–Crippen MR) is 126 cm³/mol. The molecule has 4 rings (SSSR count). The Labute approximate surface area is 188 Å². The normalized spacial score (nSPS) is 16.2. The highest BCUT2D eigenvalue weighted by Gasteiger charge is 2.35.